The summed E-state index contributed by atoms with van der Waals surface area (Å²) in [4.78, 5) is 4.64. The number of nitrogens with zero attached hydrogens (tertiary/aromatic N) is 3. The molecule has 0 aliphatic rings. The van der Waals surface area contributed by atoms with Crippen molar-refractivity contribution >= 4 is 11.4 Å². The van der Waals surface area contributed by atoms with E-state index in [1.54, 1.807) is 0 Å². The molecular formula is C24H38N4. The van der Waals surface area contributed by atoms with Crippen molar-refractivity contribution in [3.63, 3.8) is 0 Å². The number of rotatable bonds is 8. The van der Waals surface area contributed by atoms with E-state index < -0.39 is 0 Å². The molecule has 154 valence electrons. The minimum absolute atomic E-state index is 0.836. The highest BCUT2D eigenvalue weighted by Gasteiger charge is 2.12. The first-order valence-electron chi connectivity index (χ1n) is 10.2. The molecule has 0 spiro atoms. The Hall–Kier alpha value is -2.04. The van der Waals surface area contributed by atoms with Gasteiger partial charge in [0, 0.05) is 51.6 Å². The molecule has 0 saturated carbocycles. The van der Waals surface area contributed by atoms with E-state index in [9.17, 15) is 0 Å². The Morgan fingerprint density at radius 3 is 1.14 bits per heavy atom. The van der Waals surface area contributed by atoms with Gasteiger partial charge in [-0.3, -0.25) is 5.84 Å². The second-order valence-corrected chi connectivity index (χ2v) is 8.37. The summed E-state index contributed by atoms with van der Waals surface area (Å²) in [6.07, 6.45) is 0. The quantitative estimate of drug-likeness (QED) is 0.546. The Kier molecular flexibility index (Phi) is 7.50. The van der Waals surface area contributed by atoms with Gasteiger partial charge >= 0.3 is 0 Å². The number of hydrogen-bond donors (Lipinski definition) is 1. The third-order valence-electron chi connectivity index (χ3n) is 5.48. The van der Waals surface area contributed by atoms with Crippen molar-refractivity contribution in [2.45, 2.75) is 41.5 Å². The highest BCUT2D eigenvalue weighted by Crippen LogP contribution is 2.26. The van der Waals surface area contributed by atoms with E-state index in [4.69, 9.17) is 5.84 Å². The van der Waals surface area contributed by atoms with Gasteiger partial charge in [-0.15, -0.1) is 0 Å². The normalized spacial score (nSPS) is 11.2. The van der Waals surface area contributed by atoms with Crippen LogP contribution in [0.3, 0.4) is 0 Å². The summed E-state index contributed by atoms with van der Waals surface area (Å²) < 4.78 is 0. The van der Waals surface area contributed by atoms with Gasteiger partial charge in [-0.2, -0.15) is 0 Å². The molecule has 0 radical (unpaired) electrons. The van der Waals surface area contributed by atoms with Gasteiger partial charge in [-0.05, 0) is 63.8 Å². The zero-order chi connectivity index (χ0) is 21.0. The lowest BCUT2D eigenvalue weighted by atomic mass is 10.0. The van der Waals surface area contributed by atoms with Crippen LogP contribution in [-0.2, 0) is 0 Å². The molecule has 2 N–H and O–H groups in total. The number of nitrogens with two attached hydrogens (primary N) is 1. The highest BCUT2D eigenvalue weighted by atomic mass is 15.4. The zero-order valence-electron chi connectivity index (χ0n) is 19.1. The van der Waals surface area contributed by atoms with Gasteiger partial charge in [-0.25, -0.2) is 5.01 Å². The smallest absolute Gasteiger partial charge is 0.0423 e. The first-order valence-corrected chi connectivity index (χ1v) is 10.2. The van der Waals surface area contributed by atoms with E-state index >= 15 is 0 Å². The maximum Gasteiger partial charge on any atom is 0.0423 e. The summed E-state index contributed by atoms with van der Waals surface area (Å²) in [5, 5.41) is 1.94. The van der Waals surface area contributed by atoms with Crippen LogP contribution in [0.15, 0.2) is 24.3 Å². The minimum Gasteiger partial charge on any atom is -0.373 e. The van der Waals surface area contributed by atoms with Crippen molar-refractivity contribution in [1.82, 2.24) is 5.01 Å². The van der Waals surface area contributed by atoms with Gasteiger partial charge in [0.25, 0.3) is 0 Å². The van der Waals surface area contributed by atoms with Crippen molar-refractivity contribution in [2.24, 2.45) is 5.84 Å². The summed E-state index contributed by atoms with van der Waals surface area (Å²) in [5.41, 5.74) is 10.6. The maximum absolute atomic E-state index is 6.31. The summed E-state index contributed by atoms with van der Waals surface area (Å²) >= 11 is 0. The molecule has 4 heteroatoms. The third kappa shape index (κ3) is 5.49. The minimum atomic E-state index is 0.836. The van der Waals surface area contributed by atoms with Crippen LogP contribution in [0.1, 0.15) is 33.4 Å². The van der Waals surface area contributed by atoms with Crippen LogP contribution in [0.25, 0.3) is 0 Å². The molecule has 28 heavy (non-hydrogen) atoms. The molecule has 0 aliphatic carbocycles. The van der Waals surface area contributed by atoms with Crippen LogP contribution < -0.4 is 15.6 Å². The number of hydrogen-bond acceptors (Lipinski definition) is 4. The van der Waals surface area contributed by atoms with Crippen molar-refractivity contribution in [3.05, 3.63) is 57.6 Å². The lowest BCUT2D eigenvalue weighted by molar-refractivity contribution is 0.296. The van der Waals surface area contributed by atoms with E-state index in [2.05, 4.69) is 89.7 Å². The topological polar surface area (TPSA) is 35.7 Å². The summed E-state index contributed by atoms with van der Waals surface area (Å²) in [5.74, 6) is 6.31. The first-order chi connectivity index (χ1) is 13.1. The fourth-order valence-electron chi connectivity index (χ4n) is 4.44. The van der Waals surface area contributed by atoms with Crippen LogP contribution in [0.4, 0.5) is 11.4 Å². The maximum atomic E-state index is 6.31. The van der Waals surface area contributed by atoms with Gasteiger partial charge in [0.2, 0.25) is 0 Å². The largest absolute Gasteiger partial charge is 0.373 e. The predicted molar refractivity (Wildman–Crippen MR) is 124 cm³/mol. The van der Waals surface area contributed by atoms with Gasteiger partial charge in [0.15, 0.2) is 0 Å². The number of benzene rings is 2. The second kappa shape index (κ2) is 9.44. The molecule has 2 rings (SSSR count). The Balaban J connectivity index is 1.90. The van der Waals surface area contributed by atoms with Gasteiger partial charge in [-0.1, -0.05) is 35.4 Å². The Bertz CT molecular complexity index is 699. The van der Waals surface area contributed by atoms with Gasteiger partial charge in [0.05, 0.1) is 0 Å². The number of hydrazine groups is 1. The summed E-state index contributed by atoms with van der Waals surface area (Å²) in [7, 11) is 4.31. The SMILES string of the molecule is Cc1cc(C)c(N(C)CCN(N)CCN(C)c2c(C)cc(C)cc2C)c(C)c1. The summed E-state index contributed by atoms with van der Waals surface area (Å²) in [6, 6.07) is 9.00. The lowest BCUT2D eigenvalue weighted by Crippen LogP contribution is -2.42. The molecule has 0 aromatic heterocycles. The molecule has 0 amide bonds. The number of likely N-dealkylation sites (N-methyl/N-ethyl adjacent to an activating group) is 2. The first kappa shape index (κ1) is 22.3. The molecular weight excluding hydrogens is 344 g/mol. The summed E-state index contributed by atoms with van der Waals surface area (Å²) in [6.45, 7) is 16.5. The second-order valence-electron chi connectivity index (χ2n) is 8.37. The molecule has 0 aliphatic heterocycles. The van der Waals surface area contributed by atoms with Crippen LogP contribution in [0.5, 0.6) is 0 Å². The highest BCUT2D eigenvalue weighted by molar-refractivity contribution is 5.60. The van der Waals surface area contributed by atoms with Gasteiger partial charge in [0.1, 0.15) is 0 Å². The zero-order valence-corrected chi connectivity index (χ0v) is 19.1. The molecule has 0 fully saturated rings. The van der Waals surface area contributed by atoms with Crippen molar-refractivity contribution in [1.29, 1.82) is 0 Å². The molecule has 0 atom stereocenters. The Labute approximate surface area is 171 Å². The molecule has 0 unspecified atom stereocenters. The van der Waals surface area contributed by atoms with Crippen LogP contribution in [0, 0.1) is 41.5 Å². The average Bonchev–Trinajstić information content (AvgIpc) is 2.56. The van der Waals surface area contributed by atoms with Crippen LogP contribution >= 0.6 is 0 Å². The van der Waals surface area contributed by atoms with Crippen molar-refractivity contribution < 1.29 is 0 Å². The lowest BCUT2D eigenvalue weighted by Gasteiger charge is -2.29. The number of aryl methyl sites for hydroxylation is 6. The standard InChI is InChI=1S/C24H38N4/c1-17-13-19(3)23(20(4)14-17)26(7)9-11-28(25)12-10-27(8)24-21(5)15-18(2)16-22(24)6/h13-16H,9-12,25H2,1-8H3. The Morgan fingerprint density at radius 2 is 0.857 bits per heavy atom. The van der Waals surface area contributed by atoms with E-state index in [0.717, 1.165) is 26.2 Å². The van der Waals surface area contributed by atoms with Crippen molar-refractivity contribution in [2.75, 3.05) is 50.1 Å². The van der Waals surface area contributed by atoms with E-state index in [0.29, 0.717) is 0 Å². The fraction of sp³-hybridized carbons (Fsp3) is 0.500. The Morgan fingerprint density at radius 1 is 0.571 bits per heavy atom. The van der Waals surface area contributed by atoms with Crippen molar-refractivity contribution in [3.8, 4) is 0 Å². The van der Waals surface area contributed by atoms with E-state index in [1.807, 2.05) is 5.01 Å². The molecule has 4 nitrogen and oxygen atoms in total. The fourth-order valence-corrected chi connectivity index (χ4v) is 4.44. The molecule has 0 bridgehead atoms. The predicted octanol–water partition coefficient (Wildman–Crippen LogP) is 4.29. The van der Waals surface area contributed by atoms with Crippen LogP contribution in [0.2, 0.25) is 0 Å². The monoisotopic (exact) mass is 382 g/mol. The molecule has 2 aromatic carbocycles. The number of anilines is 2. The van der Waals surface area contributed by atoms with Crippen LogP contribution in [-0.4, -0.2) is 45.3 Å². The molecule has 0 heterocycles. The van der Waals surface area contributed by atoms with Gasteiger partial charge < -0.3 is 9.80 Å². The molecule has 0 saturated heterocycles. The van der Waals surface area contributed by atoms with E-state index in [-0.39, 0.29) is 0 Å². The molecule has 2 aromatic rings. The van der Waals surface area contributed by atoms with E-state index in [1.165, 1.54) is 44.8 Å². The third-order valence-corrected chi connectivity index (χ3v) is 5.48. The average molecular weight is 383 g/mol.